The van der Waals surface area contributed by atoms with Crippen molar-refractivity contribution < 1.29 is 17.9 Å². The Hall–Kier alpha value is -1.60. The SMILES string of the molecule is COc1ccc(NC(=O)[C@@]2(C)CCCN(C)S2(=O)=O)cc1. The summed E-state index contributed by atoms with van der Waals surface area (Å²) >= 11 is 0. The van der Waals surface area contributed by atoms with Gasteiger partial charge in [0.2, 0.25) is 15.9 Å². The third-order valence-corrected chi connectivity index (χ3v) is 6.47. The van der Waals surface area contributed by atoms with Crippen molar-refractivity contribution in [2.45, 2.75) is 24.5 Å². The zero-order valence-corrected chi connectivity index (χ0v) is 13.2. The zero-order valence-electron chi connectivity index (χ0n) is 12.4. The molecule has 0 spiro atoms. The molecule has 1 N–H and O–H groups in total. The summed E-state index contributed by atoms with van der Waals surface area (Å²) in [6.45, 7) is 1.94. The molecule has 0 saturated carbocycles. The summed E-state index contributed by atoms with van der Waals surface area (Å²) in [5, 5.41) is 2.68. The summed E-state index contributed by atoms with van der Waals surface area (Å²) in [5.41, 5.74) is 0.547. The third kappa shape index (κ3) is 2.75. The monoisotopic (exact) mass is 312 g/mol. The van der Waals surface area contributed by atoms with Crippen molar-refractivity contribution in [1.29, 1.82) is 0 Å². The lowest BCUT2D eigenvalue weighted by Crippen LogP contribution is -2.56. The zero-order chi connectivity index (χ0) is 15.7. The first-order valence-corrected chi connectivity index (χ1v) is 8.16. The minimum Gasteiger partial charge on any atom is -0.497 e. The van der Waals surface area contributed by atoms with Crippen molar-refractivity contribution in [3.8, 4) is 5.75 Å². The van der Waals surface area contributed by atoms with Gasteiger partial charge in [0.25, 0.3) is 0 Å². The Kier molecular flexibility index (Phi) is 4.25. The van der Waals surface area contributed by atoms with E-state index in [4.69, 9.17) is 4.74 Å². The van der Waals surface area contributed by atoms with Gasteiger partial charge in [-0.15, -0.1) is 0 Å². The van der Waals surface area contributed by atoms with E-state index in [1.165, 1.54) is 18.3 Å². The lowest BCUT2D eigenvalue weighted by Gasteiger charge is -2.36. The molecule has 0 unspecified atom stereocenters. The lowest BCUT2D eigenvalue weighted by molar-refractivity contribution is -0.118. The number of carbonyl (C=O) groups is 1. The fourth-order valence-corrected chi connectivity index (χ4v) is 4.15. The second-order valence-corrected chi connectivity index (χ2v) is 7.82. The summed E-state index contributed by atoms with van der Waals surface area (Å²) in [4.78, 5) is 12.5. The van der Waals surface area contributed by atoms with Gasteiger partial charge in [0.05, 0.1) is 7.11 Å². The molecule has 2 rings (SSSR count). The standard InChI is InChI=1S/C14H20N2O4S/c1-14(9-4-10-16(2)21(14,18)19)13(17)15-11-5-7-12(20-3)8-6-11/h5-8H,4,9-10H2,1-3H3,(H,15,17)/t14-/m1/s1. The van der Waals surface area contributed by atoms with E-state index in [1.54, 1.807) is 31.4 Å². The van der Waals surface area contributed by atoms with E-state index in [0.29, 0.717) is 30.8 Å². The largest absolute Gasteiger partial charge is 0.497 e. The van der Waals surface area contributed by atoms with Crippen LogP contribution in [0.15, 0.2) is 24.3 Å². The molecule has 1 aromatic rings. The first-order valence-electron chi connectivity index (χ1n) is 6.72. The van der Waals surface area contributed by atoms with Crippen LogP contribution in [0.25, 0.3) is 0 Å². The number of methoxy groups -OCH3 is 1. The minimum absolute atomic E-state index is 0.321. The van der Waals surface area contributed by atoms with Gasteiger partial charge in [-0.05, 0) is 44.0 Å². The summed E-state index contributed by atoms with van der Waals surface area (Å²) < 4.78 is 29.7. The molecule has 1 aliphatic rings. The molecular formula is C14H20N2O4S. The second-order valence-electron chi connectivity index (χ2n) is 5.34. The van der Waals surface area contributed by atoms with E-state index < -0.39 is 20.7 Å². The molecule has 1 heterocycles. The van der Waals surface area contributed by atoms with E-state index in [2.05, 4.69) is 5.32 Å². The Balaban J connectivity index is 2.22. The van der Waals surface area contributed by atoms with Crippen LogP contribution in [-0.2, 0) is 14.8 Å². The van der Waals surface area contributed by atoms with Crippen LogP contribution >= 0.6 is 0 Å². The van der Waals surface area contributed by atoms with E-state index in [0.717, 1.165) is 0 Å². The number of anilines is 1. The molecule has 0 bridgehead atoms. The van der Waals surface area contributed by atoms with Crippen molar-refractivity contribution in [2.24, 2.45) is 0 Å². The molecule has 1 aromatic carbocycles. The fourth-order valence-electron chi connectivity index (χ4n) is 2.40. The van der Waals surface area contributed by atoms with E-state index in [9.17, 15) is 13.2 Å². The Morgan fingerprint density at radius 1 is 1.33 bits per heavy atom. The maximum atomic E-state index is 12.5. The quantitative estimate of drug-likeness (QED) is 0.916. The molecule has 1 saturated heterocycles. The molecule has 6 nitrogen and oxygen atoms in total. The van der Waals surface area contributed by atoms with E-state index >= 15 is 0 Å². The summed E-state index contributed by atoms with van der Waals surface area (Å²) in [7, 11) is -0.575. The molecule has 7 heteroatoms. The maximum Gasteiger partial charge on any atom is 0.246 e. The number of ether oxygens (including phenoxy) is 1. The van der Waals surface area contributed by atoms with Gasteiger partial charge in [-0.3, -0.25) is 4.79 Å². The average molecular weight is 312 g/mol. The number of nitrogens with one attached hydrogen (secondary N) is 1. The van der Waals surface area contributed by atoms with E-state index in [1.807, 2.05) is 0 Å². The van der Waals surface area contributed by atoms with Crippen LogP contribution in [0.4, 0.5) is 5.69 Å². The number of amides is 1. The van der Waals surface area contributed by atoms with Crippen molar-refractivity contribution in [1.82, 2.24) is 4.31 Å². The van der Waals surface area contributed by atoms with Crippen molar-refractivity contribution >= 4 is 21.6 Å². The highest BCUT2D eigenvalue weighted by atomic mass is 32.2. The van der Waals surface area contributed by atoms with Gasteiger partial charge in [0, 0.05) is 19.3 Å². The molecule has 0 aliphatic carbocycles. The predicted octanol–water partition coefficient (Wildman–Crippen LogP) is 1.45. The molecule has 21 heavy (non-hydrogen) atoms. The van der Waals surface area contributed by atoms with Crippen molar-refractivity contribution in [3.63, 3.8) is 0 Å². The first-order chi connectivity index (χ1) is 9.81. The fraction of sp³-hybridized carbons (Fsp3) is 0.500. The summed E-state index contributed by atoms with van der Waals surface area (Å²) in [6, 6.07) is 6.78. The van der Waals surface area contributed by atoms with Gasteiger partial charge >= 0.3 is 0 Å². The highest BCUT2D eigenvalue weighted by molar-refractivity contribution is 7.91. The molecule has 0 radical (unpaired) electrons. The molecule has 1 fully saturated rings. The number of sulfonamides is 1. The average Bonchev–Trinajstić information content (AvgIpc) is 2.46. The van der Waals surface area contributed by atoms with Crippen LogP contribution in [0.1, 0.15) is 19.8 Å². The molecular weight excluding hydrogens is 292 g/mol. The second kappa shape index (κ2) is 5.65. The Morgan fingerprint density at radius 3 is 2.52 bits per heavy atom. The van der Waals surface area contributed by atoms with Gasteiger partial charge < -0.3 is 10.1 Å². The highest BCUT2D eigenvalue weighted by Crippen LogP contribution is 2.32. The number of nitrogens with zero attached hydrogens (tertiary/aromatic N) is 1. The number of hydrogen-bond acceptors (Lipinski definition) is 4. The van der Waals surface area contributed by atoms with Gasteiger partial charge in [-0.25, -0.2) is 12.7 Å². The molecule has 1 aliphatic heterocycles. The van der Waals surface area contributed by atoms with Crippen LogP contribution < -0.4 is 10.1 Å². The van der Waals surface area contributed by atoms with Crippen LogP contribution in [0.5, 0.6) is 5.75 Å². The third-order valence-electron chi connectivity index (χ3n) is 3.93. The Morgan fingerprint density at radius 2 is 1.95 bits per heavy atom. The van der Waals surface area contributed by atoms with Gasteiger partial charge in [-0.2, -0.15) is 0 Å². The van der Waals surface area contributed by atoms with E-state index in [-0.39, 0.29) is 0 Å². The highest BCUT2D eigenvalue weighted by Gasteiger charge is 2.50. The number of benzene rings is 1. The van der Waals surface area contributed by atoms with Gasteiger partial charge in [0.1, 0.15) is 5.75 Å². The summed E-state index contributed by atoms with van der Waals surface area (Å²) in [5.74, 6) is 0.170. The number of hydrogen-bond donors (Lipinski definition) is 1. The van der Waals surface area contributed by atoms with Crippen LogP contribution in [0, 0.1) is 0 Å². The number of carbonyl (C=O) groups excluding carboxylic acids is 1. The van der Waals surface area contributed by atoms with Gasteiger partial charge in [-0.1, -0.05) is 0 Å². The first kappa shape index (κ1) is 15.8. The minimum atomic E-state index is -3.64. The lowest BCUT2D eigenvalue weighted by atomic mass is 10.0. The Bertz CT molecular complexity index is 627. The van der Waals surface area contributed by atoms with Crippen LogP contribution in [-0.4, -0.2) is 44.1 Å². The Labute approximate surface area is 125 Å². The molecule has 116 valence electrons. The molecule has 0 aromatic heterocycles. The molecule has 1 amide bonds. The number of rotatable bonds is 3. The normalized spacial score (nSPS) is 25.3. The van der Waals surface area contributed by atoms with Crippen molar-refractivity contribution in [2.75, 3.05) is 26.0 Å². The van der Waals surface area contributed by atoms with Crippen molar-refractivity contribution in [3.05, 3.63) is 24.3 Å². The van der Waals surface area contributed by atoms with Crippen LogP contribution in [0.2, 0.25) is 0 Å². The maximum absolute atomic E-state index is 12.5. The predicted molar refractivity (Wildman–Crippen MR) is 80.8 cm³/mol. The topological polar surface area (TPSA) is 75.7 Å². The summed E-state index contributed by atoms with van der Waals surface area (Å²) in [6.07, 6.45) is 0.990. The molecule has 1 atom stereocenters. The smallest absolute Gasteiger partial charge is 0.246 e. The van der Waals surface area contributed by atoms with Crippen LogP contribution in [0.3, 0.4) is 0 Å². The van der Waals surface area contributed by atoms with Gasteiger partial charge in [0.15, 0.2) is 4.75 Å².